The first-order valence-corrected chi connectivity index (χ1v) is 14.9. The predicted octanol–water partition coefficient (Wildman–Crippen LogP) is 3.27. The second-order valence-electron chi connectivity index (χ2n) is 13.2. The Labute approximate surface area is 244 Å². The topological polar surface area (TPSA) is 134 Å². The van der Waals surface area contributed by atoms with E-state index in [-0.39, 0.29) is 42.0 Å². The molecule has 228 valence electrons. The maximum absolute atomic E-state index is 14.2. The van der Waals surface area contributed by atoms with Gasteiger partial charge in [0, 0.05) is 13.1 Å². The van der Waals surface area contributed by atoms with Gasteiger partial charge in [-0.05, 0) is 69.6 Å². The zero-order valence-corrected chi connectivity index (χ0v) is 25.3. The fraction of sp³-hybridized carbons (Fsp3) is 0.710. The molecule has 5 unspecified atom stereocenters. The minimum atomic E-state index is -1.06. The van der Waals surface area contributed by atoms with Gasteiger partial charge in [-0.2, -0.15) is 0 Å². The first-order chi connectivity index (χ1) is 19.2. The van der Waals surface area contributed by atoms with E-state index in [9.17, 15) is 24.0 Å². The third-order valence-electron chi connectivity index (χ3n) is 8.74. The van der Waals surface area contributed by atoms with Crippen LogP contribution in [0.15, 0.2) is 25.3 Å². The van der Waals surface area contributed by atoms with Gasteiger partial charge in [0.2, 0.25) is 17.6 Å². The number of alkyl carbamates (subject to hydrolysis) is 1. The summed E-state index contributed by atoms with van der Waals surface area (Å²) in [7, 11) is 0. The molecule has 41 heavy (non-hydrogen) atoms. The van der Waals surface area contributed by atoms with Gasteiger partial charge in [-0.1, -0.05) is 45.3 Å². The summed E-state index contributed by atoms with van der Waals surface area (Å²) in [5, 5.41) is 8.11. The molecule has 0 spiro atoms. The van der Waals surface area contributed by atoms with Gasteiger partial charge in [-0.25, -0.2) is 4.79 Å². The minimum absolute atomic E-state index is 0.0621. The molecule has 5 atom stereocenters. The molecule has 1 heterocycles. The molecule has 3 N–H and O–H groups in total. The molecule has 10 nitrogen and oxygen atoms in total. The molecule has 3 aliphatic rings. The van der Waals surface area contributed by atoms with Crippen LogP contribution < -0.4 is 16.0 Å². The number of allylic oxidation sites excluding steroid dienone is 1. The van der Waals surface area contributed by atoms with Crippen LogP contribution in [0.25, 0.3) is 0 Å². The van der Waals surface area contributed by atoms with Gasteiger partial charge in [0.05, 0.1) is 6.04 Å². The molecule has 1 saturated heterocycles. The van der Waals surface area contributed by atoms with Crippen LogP contribution in [0.5, 0.6) is 0 Å². The second kappa shape index (κ2) is 13.2. The van der Waals surface area contributed by atoms with Crippen LogP contribution >= 0.6 is 0 Å². The summed E-state index contributed by atoms with van der Waals surface area (Å²) in [6.45, 7) is 17.2. The molecule has 10 heteroatoms. The van der Waals surface area contributed by atoms with Crippen molar-refractivity contribution in [3.63, 3.8) is 0 Å². The quantitative estimate of drug-likeness (QED) is 0.243. The molecule has 0 aromatic carbocycles. The monoisotopic (exact) mass is 572 g/mol. The van der Waals surface area contributed by atoms with E-state index in [2.05, 4.69) is 43.0 Å². The third-order valence-corrected chi connectivity index (χ3v) is 8.74. The van der Waals surface area contributed by atoms with Crippen molar-refractivity contribution in [3.8, 4) is 0 Å². The number of Topliss-reactive ketones (excluding diaryl/α,β-unsaturated/α-hetero) is 1. The van der Waals surface area contributed by atoms with Gasteiger partial charge in [0.15, 0.2) is 0 Å². The van der Waals surface area contributed by atoms with Gasteiger partial charge >= 0.3 is 6.09 Å². The zero-order valence-electron chi connectivity index (χ0n) is 25.3. The highest BCUT2D eigenvalue weighted by molar-refractivity contribution is 6.38. The van der Waals surface area contributed by atoms with Crippen LogP contribution in [-0.4, -0.2) is 71.3 Å². The minimum Gasteiger partial charge on any atom is -0.444 e. The number of ether oxygens (including phenoxy) is 1. The van der Waals surface area contributed by atoms with E-state index in [1.54, 1.807) is 31.7 Å². The van der Waals surface area contributed by atoms with Gasteiger partial charge in [-0.15, -0.1) is 13.2 Å². The van der Waals surface area contributed by atoms with E-state index in [0.717, 1.165) is 32.1 Å². The predicted molar refractivity (Wildman–Crippen MR) is 156 cm³/mol. The molecule has 3 rings (SSSR count). The van der Waals surface area contributed by atoms with Crippen molar-refractivity contribution in [2.45, 2.75) is 103 Å². The number of hydrogen-bond acceptors (Lipinski definition) is 6. The van der Waals surface area contributed by atoms with Crippen molar-refractivity contribution in [2.75, 3.05) is 13.1 Å². The maximum atomic E-state index is 14.2. The van der Waals surface area contributed by atoms with Crippen molar-refractivity contribution in [3.05, 3.63) is 25.3 Å². The first kappa shape index (κ1) is 32.3. The summed E-state index contributed by atoms with van der Waals surface area (Å²) in [5.41, 5.74) is -0.878. The van der Waals surface area contributed by atoms with E-state index >= 15 is 0 Å². The zero-order chi connectivity index (χ0) is 30.5. The average molecular weight is 573 g/mol. The number of carbonyl (C=O) groups excluding carboxylic acids is 5. The normalized spacial score (nSPS) is 24.7. The fourth-order valence-corrected chi connectivity index (χ4v) is 6.50. The van der Waals surface area contributed by atoms with E-state index in [1.807, 2.05) is 0 Å². The van der Waals surface area contributed by atoms with Gasteiger partial charge in [-0.3, -0.25) is 19.2 Å². The van der Waals surface area contributed by atoms with E-state index in [0.29, 0.717) is 13.0 Å². The van der Waals surface area contributed by atoms with E-state index in [4.69, 9.17) is 4.74 Å². The van der Waals surface area contributed by atoms with E-state index < -0.39 is 47.4 Å². The number of nitrogens with zero attached hydrogens (tertiary/aromatic N) is 1. The smallest absolute Gasteiger partial charge is 0.408 e. The standard InChI is InChI=1S/C31H48N4O6/c1-8-10-16-21(25(36)27(38)32-17-9-2)33-26(37)24-22-20(31(22,6)7)18-35(24)28(39)23(19-14-12-11-13-15-19)34-29(40)41-30(3,4)5/h8-9,19-24H,1-2,10-18H2,3-7H3,(H,32,38)(H,33,37)(H,34,40). The molecule has 2 saturated carbocycles. The largest absolute Gasteiger partial charge is 0.444 e. The number of rotatable bonds is 12. The number of piperidine rings is 1. The molecule has 2 aliphatic carbocycles. The SMILES string of the molecule is C=CCCC(NC(=O)C1C2C(CN1C(=O)C(NC(=O)OC(C)(C)C)C1CCCCC1)C2(C)C)C(=O)C(=O)NCC=C. The molecule has 0 aromatic rings. The second-order valence-corrected chi connectivity index (χ2v) is 13.2. The molecular formula is C31H48N4O6. The Morgan fingerprint density at radius 3 is 2.27 bits per heavy atom. The van der Waals surface area contributed by atoms with Crippen LogP contribution in [0.3, 0.4) is 0 Å². The Bertz CT molecular complexity index is 1040. The lowest BCUT2D eigenvalue weighted by molar-refractivity contribution is -0.145. The summed E-state index contributed by atoms with van der Waals surface area (Å²) in [6, 6.07) is -2.69. The molecule has 4 amide bonds. The van der Waals surface area contributed by atoms with Crippen molar-refractivity contribution in [1.82, 2.24) is 20.9 Å². The Balaban J connectivity index is 1.85. The van der Waals surface area contributed by atoms with Gasteiger partial charge < -0.3 is 25.6 Å². The number of nitrogens with one attached hydrogen (secondary N) is 3. The number of amides is 4. The molecular weight excluding hydrogens is 524 g/mol. The summed E-state index contributed by atoms with van der Waals surface area (Å²) < 4.78 is 5.49. The van der Waals surface area contributed by atoms with Crippen LogP contribution in [0, 0.1) is 23.2 Å². The third kappa shape index (κ3) is 7.77. The molecule has 0 aromatic heterocycles. The fourth-order valence-electron chi connectivity index (χ4n) is 6.50. The molecule has 3 fully saturated rings. The summed E-state index contributed by atoms with van der Waals surface area (Å²) in [6.07, 6.45) is 7.66. The Kier molecular flexibility index (Phi) is 10.4. The number of ketones is 1. The van der Waals surface area contributed by atoms with Crippen molar-refractivity contribution in [2.24, 2.45) is 23.2 Å². The number of hydrogen-bond donors (Lipinski definition) is 3. The van der Waals surface area contributed by atoms with Crippen LogP contribution in [-0.2, 0) is 23.9 Å². The Morgan fingerprint density at radius 1 is 1.02 bits per heavy atom. The molecule has 1 aliphatic heterocycles. The summed E-state index contributed by atoms with van der Waals surface area (Å²) in [4.78, 5) is 67.8. The molecule has 0 radical (unpaired) electrons. The number of likely N-dealkylation sites (tertiary alicyclic amines) is 1. The van der Waals surface area contributed by atoms with E-state index in [1.165, 1.54) is 6.08 Å². The maximum Gasteiger partial charge on any atom is 0.408 e. The average Bonchev–Trinajstić information content (AvgIpc) is 3.23. The number of carbonyl (C=O) groups is 5. The highest BCUT2D eigenvalue weighted by atomic mass is 16.6. The van der Waals surface area contributed by atoms with Gasteiger partial charge in [0.25, 0.3) is 5.91 Å². The summed E-state index contributed by atoms with van der Waals surface area (Å²) in [5.74, 6) is -2.36. The Hall–Kier alpha value is -3.17. The van der Waals surface area contributed by atoms with Crippen molar-refractivity contribution in [1.29, 1.82) is 0 Å². The highest BCUT2D eigenvalue weighted by Gasteiger charge is 2.69. The first-order valence-electron chi connectivity index (χ1n) is 14.9. The van der Waals surface area contributed by atoms with Crippen LogP contribution in [0.4, 0.5) is 4.79 Å². The lowest BCUT2D eigenvalue weighted by atomic mass is 9.83. The van der Waals surface area contributed by atoms with Crippen molar-refractivity contribution >= 4 is 29.6 Å². The number of fused-ring (bicyclic) bond motifs is 1. The molecule has 0 bridgehead atoms. The van der Waals surface area contributed by atoms with Crippen LogP contribution in [0.2, 0.25) is 0 Å². The van der Waals surface area contributed by atoms with Crippen LogP contribution in [0.1, 0.15) is 79.6 Å². The van der Waals surface area contributed by atoms with Crippen molar-refractivity contribution < 1.29 is 28.7 Å². The Morgan fingerprint density at radius 2 is 1.68 bits per heavy atom. The highest BCUT2D eigenvalue weighted by Crippen LogP contribution is 2.65. The van der Waals surface area contributed by atoms with Gasteiger partial charge in [0.1, 0.15) is 17.7 Å². The lowest BCUT2D eigenvalue weighted by Crippen LogP contribution is -2.59. The lowest BCUT2D eigenvalue weighted by Gasteiger charge is -2.37. The summed E-state index contributed by atoms with van der Waals surface area (Å²) >= 11 is 0.